The summed E-state index contributed by atoms with van der Waals surface area (Å²) in [4.78, 5) is 45.7. The molecule has 0 aromatic carbocycles. The summed E-state index contributed by atoms with van der Waals surface area (Å²) in [6.07, 6.45) is -0.630. The fourth-order valence-corrected chi connectivity index (χ4v) is 1.46. The third-order valence-corrected chi connectivity index (χ3v) is 2.54. The lowest BCUT2D eigenvalue weighted by atomic mass is 10.1. The number of likely N-dealkylation sites (N-methyl/N-ethyl adjacent to an activating group) is 1. The van der Waals surface area contributed by atoms with Crippen molar-refractivity contribution in [1.82, 2.24) is 10.2 Å². The van der Waals surface area contributed by atoms with Gasteiger partial charge in [-0.25, -0.2) is 9.59 Å². The van der Waals surface area contributed by atoms with Gasteiger partial charge in [0.1, 0.15) is 12.6 Å². The first-order valence-electron chi connectivity index (χ1n) is 6.47. The van der Waals surface area contributed by atoms with Crippen molar-refractivity contribution in [3.8, 4) is 0 Å². The average molecular weight is 304 g/mol. The van der Waals surface area contributed by atoms with Gasteiger partial charge in [0.05, 0.1) is 6.61 Å². The van der Waals surface area contributed by atoms with Crippen LogP contribution >= 0.6 is 0 Å². The molecule has 0 saturated carbocycles. The van der Waals surface area contributed by atoms with Crippen molar-refractivity contribution in [3.63, 3.8) is 0 Å². The molecular formula is C12H20N2O7. The normalized spacial score (nSPS) is 11.3. The van der Waals surface area contributed by atoms with E-state index in [0.29, 0.717) is 0 Å². The van der Waals surface area contributed by atoms with E-state index >= 15 is 0 Å². The number of rotatable bonds is 9. The van der Waals surface area contributed by atoms with Crippen LogP contribution in [-0.4, -0.2) is 64.8 Å². The van der Waals surface area contributed by atoms with E-state index in [0.717, 1.165) is 4.90 Å². The summed E-state index contributed by atoms with van der Waals surface area (Å²) in [6, 6.07) is -2.09. The Morgan fingerprint density at radius 3 is 2.24 bits per heavy atom. The van der Waals surface area contributed by atoms with Crippen molar-refractivity contribution in [2.45, 2.75) is 32.7 Å². The van der Waals surface area contributed by atoms with Gasteiger partial charge in [0, 0.05) is 13.0 Å². The van der Waals surface area contributed by atoms with Crippen LogP contribution in [0.5, 0.6) is 0 Å². The summed E-state index contributed by atoms with van der Waals surface area (Å²) in [5.41, 5.74) is 0. The highest BCUT2D eigenvalue weighted by Gasteiger charge is 2.24. The number of nitrogens with one attached hydrogen (secondary N) is 1. The summed E-state index contributed by atoms with van der Waals surface area (Å²) in [5, 5.41) is 19.7. The molecule has 21 heavy (non-hydrogen) atoms. The molecule has 0 fully saturated rings. The Morgan fingerprint density at radius 1 is 1.19 bits per heavy atom. The fraction of sp³-hybridized carbons (Fsp3) is 0.667. The van der Waals surface area contributed by atoms with Crippen LogP contribution in [0.1, 0.15) is 26.7 Å². The lowest BCUT2D eigenvalue weighted by molar-refractivity contribution is -0.143. The smallest absolute Gasteiger partial charge is 0.326 e. The van der Waals surface area contributed by atoms with E-state index in [4.69, 9.17) is 14.9 Å². The van der Waals surface area contributed by atoms with Gasteiger partial charge in [-0.1, -0.05) is 0 Å². The molecular weight excluding hydrogens is 284 g/mol. The molecule has 0 radical (unpaired) electrons. The van der Waals surface area contributed by atoms with Crippen LogP contribution in [0.2, 0.25) is 0 Å². The van der Waals surface area contributed by atoms with Crippen molar-refractivity contribution >= 4 is 23.9 Å². The lowest BCUT2D eigenvalue weighted by Crippen LogP contribution is -2.49. The van der Waals surface area contributed by atoms with Crippen LogP contribution < -0.4 is 5.32 Å². The van der Waals surface area contributed by atoms with Gasteiger partial charge in [0.15, 0.2) is 0 Å². The zero-order valence-corrected chi connectivity index (χ0v) is 12.0. The van der Waals surface area contributed by atoms with E-state index in [9.17, 15) is 19.2 Å². The molecule has 0 heterocycles. The number of carboxylic acid groups (broad SMARTS) is 2. The first-order valence-corrected chi connectivity index (χ1v) is 6.47. The molecule has 0 aliphatic carbocycles. The van der Waals surface area contributed by atoms with Crippen molar-refractivity contribution in [2.75, 3.05) is 19.7 Å². The van der Waals surface area contributed by atoms with E-state index in [1.54, 1.807) is 13.8 Å². The van der Waals surface area contributed by atoms with Gasteiger partial charge >= 0.3 is 23.9 Å². The zero-order valence-electron chi connectivity index (χ0n) is 12.0. The van der Waals surface area contributed by atoms with E-state index in [2.05, 4.69) is 5.32 Å². The van der Waals surface area contributed by atoms with Crippen LogP contribution in [0.4, 0.5) is 4.79 Å². The second-order valence-electron chi connectivity index (χ2n) is 4.09. The molecule has 3 N–H and O–H groups in total. The van der Waals surface area contributed by atoms with Gasteiger partial charge < -0.3 is 25.2 Å². The number of aliphatic carboxylic acids is 2. The van der Waals surface area contributed by atoms with E-state index in [1.807, 2.05) is 0 Å². The largest absolute Gasteiger partial charge is 0.481 e. The van der Waals surface area contributed by atoms with Gasteiger partial charge in [0.2, 0.25) is 0 Å². The number of ether oxygens (including phenoxy) is 1. The number of urea groups is 1. The standard InChI is InChI=1S/C12H20N2O7/c1-3-14(7-10(17)21-4-2)12(20)13-8(11(18)19)5-6-9(15)16/h8H,3-7H2,1-2H3,(H,13,20)(H,15,16)(H,18,19). The molecule has 0 aliphatic rings. The highest BCUT2D eigenvalue weighted by Crippen LogP contribution is 2.00. The number of carboxylic acids is 2. The molecule has 0 aliphatic heterocycles. The Bertz CT molecular complexity index is 397. The summed E-state index contributed by atoms with van der Waals surface area (Å²) >= 11 is 0. The van der Waals surface area contributed by atoms with Crippen molar-refractivity contribution in [3.05, 3.63) is 0 Å². The second kappa shape index (κ2) is 9.56. The van der Waals surface area contributed by atoms with Crippen LogP contribution in [-0.2, 0) is 19.1 Å². The van der Waals surface area contributed by atoms with Crippen molar-refractivity contribution in [1.29, 1.82) is 0 Å². The van der Waals surface area contributed by atoms with Gasteiger partial charge in [-0.15, -0.1) is 0 Å². The third kappa shape index (κ3) is 7.75. The summed E-state index contributed by atoms with van der Waals surface area (Å²) in [5.74, 6) is -3.10. The molecule has 9 nitrogen and oxygen atoms in total. The monoisotopic (exact) mass is 304 g/mol. The number of amides is 2. The Balaban J connectivity index is 4.59. The Labute approximate surface area is 121 Å². The Hall–Kier alpha value is -2.32. The number of hydrogen-bond acceptors (Lipinski definition) is 5. The topological polar surface area (TPSA) is 133 Å². The molecule has 2 amide bonds. The molecule has 0 bridgehead atoms. The molecule has 0 rings (SSSR count). The minimum atomic E-state index is -1.34. The Kier molecular flexibility index (Phi) is 8.51. The van der Waals surface area contributed by atoms with Crippen molar-refractivity contribution in [2.24, 2.45) is 0 Å². The predicted octanol–water partition coefficient (Wildman–Crippen LogP) is -0.101. The maximum absolute atomic E-state index is 11.9. The number of hydrogen-bond donors (Lipinski definition) is 3. The fourth-order valence-electron chi connectivity index (χ4n) is 1.46. The zero-order chi connectivity index (χ0) is 16.4. The highest BCUT2D eigenvalue weighted by atomic mass is 16.5. The summed E-state index contributed by atoms with van der Waals surface area (Å²) in [7, 11) is 0. The first-order chi connectivity index (χ1) is 9.81. The third-order valence-electron chi connectivity index (χ3n) is 2.54. The molecule has 0 aromatic heterocycles. The van der Waals surface area contributed by atoms with Crippen molar-refractivity contribution < 1.29 is 34.1 Å². The SMILES string of the molecule is CCOC(=O)CN(CC)C(=O)NC(CCC(=O)O)C(=O)O. The van der Waals surface area contributed by atoms with E-state index in [1.165, 1.54) is 0 Å². The van der Waals surface area contributed by atoms with Gasteiger partial charge in [-0.2, -0.15) is 0 Å². The molecule has 1 unspecified atom stereocenters. The molecule has 0 aromatic rings. The average Bonchev–Trinajstić information content (AvgIpc) is 2.40. The minimum Gasteiger partial charge on any atom is -0.481 e. The Morgan fingerprint density at radius 2 is 1.81 bits per heavy atom. The molecule has 9 heteroatoms. The molecule has 1 atom stereocenters. The second-order valence-corrected chi connectivity index (χ2v) is 4.09. The quantitative estimate of drug-likeness (QED) is 0.506. The van der Waals surface area contributed by atoms with Gasteiger partial charge in [0.25, 0.3) is 0 Å². The van der Waals surface area contributed by atoms with Crippen LogP contribution in [0.15, 0.2) is 0 Å². The maximum Gasteiger partial charge on any atom is 0.326 e. The number of nitrogens with zero attached hydrogens (tertiary/aromatic N) is 1. The molecule has 120 valence electrons. The molecule has 0 spiro atoms. The molecule has 0 saturated heterocycles. The summed E-state index contributed by atoms with van der Waals surface area (Å²) in [6.45, 7) is 3.29. The van der Waals surface area contributed by atoms with Crippen LogP contribution in [0.25, 0.3) is 0 Å². The van der Waals surface area contributed by atoms with Gasteiger partial charge in [-0.3, -0.25) is 9.59 Å². The number of esters is 1. The maximum atomic E-state index is 11.9. The highest BCUT2D eigenvalue weighted by molar-refractivity contribution is 5.85. The van der Waals surface area contributed by atoms with Gasteiger partial charge in [-0.05, 0) is 20.3 Å². The summed E-state index contributed by atoms with van der Waals surface area (Å²) < 4.78 is 4.70. The van der Waals surface area contributed by atoms with Crippen LogP contribution in [0, 0.1) is 0 Å². The number of carbonyl (C=O) groups is 4. The van der Waals surface area contributed by atoms with E-state index in [-0.39, 0.29) is 32.5 Å². The number of carbonyl (C=O) groups excluding carboxylic acids is 2. The predicted molar refractivity (Wildman–Crippen MR) is 70.7 cm³/mol. The first kappa shape index (κ1) is 18.7. The van der Waals surface area contributed by atoms with E-state index < -0.39 is 30.0 Å². The minimum absolute atomic E-state index is 0.175. The van der Waals surface area contributed by atoms with Crippen LogP contribution in [0.3, 0.4) is 0 Å². The lowest BCUT2D eigenvalue weighted by Gasteiger charge is -2.22.